The maximum absolute atomic E-state index is 10.4. The maximum atomic E-state index is 10.4. The molecular formula is C13H18N2O. The number of benzene rings is 1. The predicted octanol–water partition coefficient (Wildman–Crippen LogP) is 1.21. The van der Waals surface area contributed by atoms with Crippen molar-refractivity contribution in [1.29, 1.82) is 0 Å². The Morgan fingerprint density at radius 3 is 3.12 bits per heavy atom. The Balaban J connectivity index is 2.19. The van der Waals surface area contributed by atoms with Crippen LogP contribution in [0.15, 0.2) is 18.2 Å². The van der Waals surface area contributed by atoms with Crippen LogP contribution in [0.1, 0.15) is 24.5 Å². The molecule has 0 aromatic heterocycles. The molecule has 0 spiro atoms. The highest BCUT2D eigenvalue weighted by atomic mass is 16.3. The van der Waals surface area contributed by atoms with E-state index in [0.717, 1.165) is 38.2 Å². The van der Waals surface area contributed by atoms with Gasteiger partial charge in [-0.1, -0.05) is 18.2 Å². The zero-order valence-electron chi connectivity index (χ0n) is 9.66. The molecule has 1 atom stereocenters. The fourth-order valence-corrected chi connectivity index (χ4v) is 2.80. The van der Waals surface area contributed by atoms with Gasteiger partial charge >= 0.3 is 0 Å². The number of hydrogen-bond donors (Lipinski definition) is 2. The highest BCUT2D eigenvalue weighted by Crippen LogP contribution is 2.40. The molecule has 0 fully saturated rings. The highest BCUT2D eigenvalue weighted by Gasteiger charge is 2.34. The van der Waals surface area contributed by atoms with E-state index in [2.05, 4.69) is 28.4 Å². The zero-order chi connectivity index (χ0) is 11.2. The third kappa shape index (κ3) is 1.43. The molecule has 3 heteroatoms. The van der Waals surface area contributed by atoms with Crippen LogP contribution in [0.3, 0.4) is 0 Å². The minimum Gasteiger partial charge on any atom is -0.385 e. The molecule has 3 nitrogen and oxygen atoms in total. The van der Waals surface area contributed by atoms with E-state index < -0.39 is 5.60 Å². The molecule has 1 aromatic carbocycles. The van der Waals surface area contributed by atoms with Crippen molar-refractivity contribution in [2.24, 2.45) is 0 Å². The Morgan fingerprint density at radius 1 is 1.38 bits per heavy atom. The lowest BCUT2D eigenvalue weighted by Crippen LogP contribution is -2.40. The number of hydrogen-bond acceptors (Lipinski definition) is 3. The lowest BCUT2D eigenvalue weighted by molar-refractivity contribution is 0.0456. The van der Waals surface area contributed by atoms with Crippen molar-refractivity contribution in [3.8, 4) is 0 Å². The topological polar surface area (TPSA) is 35.5 Å². The second-order valence-electron chi connectivity index (χ2n) is 5.00. The smallest absolute Gasteiger partial charge is 0.0905 e. The van der Waals surface area contributed by atoms with E-state index in [1.54, 1.807) is 0 Å². The Kier molecular flexibility index (Phi) is 2.19. The van der Waals surface area contributed by atoms with Crippen LogP contribution in [0.4, 0.5) is 5.69 Å². The van der Waals surface area contributed by atoms with Crippen molar-refractivity contribution >= 4 is 5.69 Å². The summed E-state index contributed by atoms with van der Waals surface area (Å²) in [6.45, 7) is 5.86. The summed E-state index contributed by atoms with van der Waals surface area (Å²) in [7, 11) is 0. The molecule has 3 rings (SSSR count). The van der Waals surface area contributed by atoms with Crippen LogP contribution in [-0.2, 0) is 12.1 Å². The molecule has 2 aliphatic rings. The van der Waals surface area contributed by atoms with Gasteiger partial charge in [0.15, 0.2) is 0 Å². The fourth-order valence-electron chi connectivity index (χ4n) is 2.80. The van der Waals surface area contributed by atoms with Crippen molar-refractivity contribution in [3.05, 3.63) is 29.3 Å². The molecule has 2 heterocycles. The van der Waals surface area contributed by atoms with Crippen molar-refractivity contribution in [1.82, 2.24) is 5.32 Å². The number of aliphatic hydroxyl groups is 1. The van der Waals surface area contributed by atoms with E-state index in [9.17, 15) is 5.11 Å². The van der Waals surface area contributed by atoms with Crippen LogP contribution < -0.4 is 10.2 Å². The van der Waals surface area contributed by atoms with Crippen LogP contribution >= 0.6 is 0 Å². The summed E-state index contributed by atoms with van der Waals surface area (Å²) < 4.78 is 0. The summed E-state index contributed by atoms with van der Waals surface area (Å²) in [5.41, 5.74) is 3.02. The molecule has 0 saturated heterocycles. The minimum atomic E-state index is -0.661. The van der Waals surface area contributed by atoms with Gasteiger partial charge in [-0.2, -0.15) is 0 Å². The van der Waals surface area contributed by atoms with Gasteiger partial charge in [0.05, 0.1) is 5.60 Å². The molecule has 0 radical (unpaired) electrons. The lowest BCUT2D eigenvalue weighted by atomic mass is 9.85. The molecule has 16 heavy (non-hydrogen) atoms. The van der Waals surface area contributed by atoms with Crippen LogP contribution in [0.5, 0.6) is 0 Å². The summed E-state index contributed by atoms with van der Waals surface area (Å²) in [4.78, 5) is 2.41. The fraction of sp³-hybridized carbons (Fsp3) is 0.538. The third-order valence-electron chi connectivity index (χ3n) is 3.76. The average molecular weight is 218 g/mol. The summed E-state index contributed by atoms with van der Waals surface area (Å²) in [6, 6.07) is 6.28. The van der Waals surface area contributed by atoms with Crippen LogP contribution in [-0.4, -0.2) is 24.7 Å². The molecule has 0 unspecified atom stereocenters. The Bertz CT molecular complexity index is 414. The van der Waals surface area contributed by atoms with E-state index in [1.165, 1.54) is 11.3 Å². The Morgan fingerprint density at radius 2 is 2.25 bits per heavy atom. The van der Waals surface area contributed by atoms with Gasteiger partial charge in [0.25, 0.3) is 0 Å². The molecular weight excluding hydrogens is 200 g/mol. The summed E-state index contributed by atoms with van der Waals surface area (Å²) >= 11 is 0. The molecule has 0 aliphatic carbocycles. The number of nitrogens with one attached hydrogen (secondary N) is 1. The Hall–Kier alpha value is -1.06. The van der Waals surface area contributed by atoms with E-state index >= 15 is 0 Å². The SMILES string of the molecule is C[C@]1(O)CCN2CCNCc3cccc1c32. The number of rotatable bonds is 0. The van der Waals surface area contributed by atoms with Crippen LogP contribution in [0.25, 0.3) is 0 Å². The van der Waals surface area contributed by atoms with Gasteiger partial charge in [0, 0.05) is 37.4 Å². The maximum Gasteiger partial charge on any atom is 0.0905 e. The van der Waals surface area contributed by atoms with E-state index in [1.807, 2.05) is 6.92 Å². The normalized spacial score (nSPS) is 28.5. The van der Waals surface area contributed by atoms with Gasteiger partial charge in [-0.05, 0) is 18.9 Å². The van der Waals surface area contributed by atoms with E-state index in [4.69, 9.17) is 0 Å². The zero-order valence-corrected chi connectivity index (χ0v) is 9.66. The van der Waals surface area contributed by atoms with Gasteiger partial charge in [0.2, 0.25) is 0 Å². The van der Waals surface area contributed by atoms with Crippen molar-refractivity contribution < 1.29 is 5.11 Å². The van der Waals surface area contributed by atoms with E-state index in [-0.39, 0.29) is 0 Å². The summed E-state index contributed by atoms with van der Waals surface area (Å²) in [6.07, 6.45) is 0.823. The molecule has 2 N–H and O–H groups in total. The number of nitrogens with zero attached hydrogens (tertiary/aromatic N) is 1. The van der Waals surface area contributed by atoms with Gasteiger partial charge in [0.1, 0.15) is 0 Å². The largest absolute Gasteiger partial charge is 0.385 e. The van der Waals surface area contributed by atoms with Gasteiger partial charge in [-0.25, -0.2) is 0 Å². The molecule has 0 amide bonds. The molecule has 1 aromatic rings. The average Bonchev–Trinajstić information content (AvgIpc) is 2.47. The minimum absolute atomic E-state index is 0.661. The van der Waals surface area contributed by atoms with Gasteiger partial charge < -0.3 is 15.3 Å². The number of anilines is 1. The second-order valence-corrected chi connectivity index (χ2v) is 5.00. The van der Waals surface area contributed by atoms with Crippen molar-refractivity contribution in [3.63, 3.8) is 0 Å². The predicted molar refractivity (Wildman–Crippen MR) is 64.5 cm³/mol. The van der Waals surface area contributed by atoms with Crippen LogP contribution in [0, 0.1) is 0 Å². The first-order valence-electron chi connectivity index (χ1n) is 5.99. The van der Waals surface area contributed by atoms with Crippen molar-refractivity contribution in [2.45, 2.75) is 25.5 Å². The molecule has 86 valence electrons. The highest BCUT2D eigenvalue weighted by molar-refractivity contribution is 5.63. The summed E-state index contributed by atoms with van der Waals surface area (Å²) in [5, 5.41) is 13.9. The van der Waals surface area contributed by atoms with E-state index in [0.29, 0.717) is 0 Å². The van der Waals surface area contributed by atoms with Gasteiger partial charge in [-0.3, -0.25) is 0 Å². The lowest BCUT2D eigenvalue weighted by Gasteiger charge is -2.39. The number of para-hydroxylation sites is 1. The monoisotopic (exact) mass is 218 g/mol. The molecule has 0 saturated carbocycles. The standard InChI is InChI=1S/C13H18N2O/c1-13(16)5-7-15-8-6-14-9-10-3-2-4-11(13)12(10)15/h2-4,14,16H,5-9H2,1H3/t13-/m0/s1. The van der Waals surface area contributed by atoms with Crippen LogP contribution in [0.2, 0.25) is 0 Å². The van der Waals surface area contributed by atoms with Gasteiger partial charge in [-0.15, -0.1) is 0 Å². The van der Waals surface area contributed by atoms with Crippen molar-refractivity contribution in [2.75, 3.05) is 24.5 Å². The first kappa shape index (κ1) is 10.1. The Labute approximate surface area is 96.1 Å². The molecule has 2 aliphatic heterocycles. The molecule has 0 bridgehead atoms. The second kappa shape index (κ2) is 3.47. The third-order valence-corrected chi connectivity index (χ3v) is 3.76. The quantitative estimate of drug-likeness (QED) is 0.687. The first-order chi connectivity index (χ1) is 7.68. The first-order valence-corrected chi connectivity index (χ1v) is 5.99. The summed E-state index contributed by atoms with van der Waals surface area (Å²) in [5.74, 6) is 0.